The molecule has 0 bridgehead atoms. The lowest BCUT2D eigenvalue weighted by Gasteiger charge is -2.08. The fourth-order valence-electron chi connectivity index (χ4n) is 2.04. The number of hydrogen-bond donors (Lipinski definition) is 1. The number of ether oxygens (including phenoxy) is 1. The molecule has 0 atom stereocenters. The quantitative estimate of drug-likeness (QED) is 0.497. The van der Waals surface area contributed by atoms with Gasteiger partial charge in [-0.05, 0) is 42.8 Å². The maximum absolute atomic E-state index is 13.0. The lowest BCUT2D eigenvalue weighted by atomic mass is 10.1. The Hall–Kier alpha value is -3.28. The predicted octanol–water partition coefficient (Wildman–Crippen LogP) is 3.22. The summed E-state index contributed by atoms with van der Waals surface area (Å²) in [7, 11) is 0. The van der Waals surface area contributed by atoms with E-state index in [9.17, 15) is 18.8 Å². The van der Waals surface area contributed by atoms with Crippen molar-refractivity contribution in [3.05, 3.63) is 71.6 Å². The minimum Gasteiger partial charge on any atom is -0.452 e. The van der Waals surface area contributed by atoms with Gasteiger partial charge in [0.25, 0.3) is 5.91 Å². The molecule has 5 nitrogen and oxygen atoms in total. The molecule has 1 N–H and O–H groups in total. The van der Waals surface area contributed by atoms with E-state index in [0.717, 1.165) is 6.08 Å². The van der Waals surface area contributed by atoms with Crippen LogP contribution in [0.2, 0.25) is 0 Å². The van der Waals surface area contributed by atoms with Crippen LogP contribution in [0.1, 0.15) is 22.8 Å². The normalized spacial score (nSPS) is 10.5. The van der Waals surface area contributed by atoms with Crippen molar-refractivity contribution in [2.45, 2.75) is 6.92 Å². The van der Waals surface area contributed by atoms with Gasteiger partial charge in [-0.25, -0.2) is 9.18 Å². The van der Waals surface area contributed by atoms with Crippen molar-refractivity contribution in [1.29, 1.82) is 0 Å². The van der Waals surface area contributed by atoms with Gasteiger partial charge in [-0.15, -0.1) is 0 Å². The van der Waals surface area contributed by atoms with E-state index >= 15 is 0 Å². The van der Waals surface area contributed by atoms with Gasteiger partial charge in [0.15, 0.2) is 12.4 Å². The van der Waals surface area contributed by atoms with E-state index < -0.39 is 24.3 Å². The van der Waals surface area contributed by atoms with Crippen LogP contribution in [0.4, 0.5) is 10.1 Å². The van der Waals surface area contributed by atoms with Crippen molar-refractivity contribution < 1.29 is 23.5 Å². The number of ketones is 1. The van der Waals surface area contributed by atoms with Crippen LogP contribution < -0.4 is 5.32 Å². The highest BCUT2D eigenvalue weighted by Gasteiger charge is 2.10. The Bertz CT molecular complexity index is 830. The largest absolute Gasteiger partial charge is 0.452 e. The molecule has 0 saturated heterocycles. The topological polar surface area (TPSA) is 72.5 Å². The average molecular weight is 341 g/mol. The molecule has 25 heavy (non-hydrogen) atoms. The second kappa shape index (κ2) is 8.54. The summed E-state index contributed by atoms with van der Waals surface area (Å²) >= 11 is 0. The van der Waals surface area contributed by atoms with Crippen LogP contribution in [0.3, 0.4) is 0 Å². The number of carbonyl (C=O) groups is 3. The third-order valence-electron chi connectivity index (χ3n) is 3.19. The molecule has 0 heterocycles. The molecule has 0 radical (unpaired) electrons. The third-order valence-corrected chi connectivity index (χ3v) is 3.19. The fourth-order valence-corrected chi connectivity index (χ4v) is 2.04. The van der Waals surface area contributed by atoms with Crippen molar-refractivity contribution >= 4 is 29.4 Å². The average Bonchev–Trinajstić information content (AvgIpc) is 2.58. The highest BCUT2D eigenvalue weighted by molar-refractivity contribution is 6.04. The summed E-state index contributed by atoms with van der Waals surface area (Å²) in [6.45, 7) is 0.890. The van der Waals surface area contributed by atoms with E-state index in [4.69, 9.17) is 4.74 Å². The first-order valence-electron chi connectivity index (χ1n) is 7.46. The monoisotopic (exact) mass is 341 g/mol. The first kappa shape index (κ1) is 18.1. The van der Waals surface area contributed by atoms with Crippen LogP contribution >= 0.6 is 0 Å². The number of para-hydroxylation sites is 1. The van der Waals surface area contributed by atoms with Crippen molar-refractivity contribution in [2.75, 3.05) is 11.9 Å². The van der Waals surface area contributed by atoms with E-state index in [1.807, 2.05) is 0 Å². The highest BCUT2D eigenvalue weighted by Crippen LogP contribution is 2.15. The molecule has 0 saturated carbocycles. The maximum atomic E-state index is 13.0. The lowest BCUT2D eigenvalue weighted by molar-refractivity contribution is -0.142. The number of anilines is 1. The smallest absolute Gasteiger partial charge is 0.331 e. The van der Waals surface area contributed by atoms with Gasteiger partial charge < -0.3 is 10.1 Å². The van der Waals surface area contributed by atoms with Crippen LogP contribution in [-0.4, -0.2) is 24.3 Å². The number of carbonyl (C=O) groups excluding carboxylic acids is 3. The van der Waals surface area contributed by atoms with E-state index in [0.29, 0.717) is 16.8 Å². The molecule has 2 rings (SSSR count). The van der Waals surface area contributed by atoms with Crippen molar-refractivity contribution in [2.24, 2.45) is 0 Å². The number of rotatable bonds is 6. The highest BCUT2D eigenvalue weighted by atomic mass is 19.1. The number of hydrogen-bond acceptors (Lipinski definition) is 4. The molecule has 0 aliphatic carbocycles. The minimum absolute atomic E-state index is 0.189. The number of esters is 1. The molecule has 0 aromatic heterocycles. The first-order valence-corrected chi connectivity index (χ1v) is 7.46. The Morgan fingerprint density at radius 2 is 1.88 bits per heavy atom. The summed E-state index contributed by atoms with van der Waals surface area (Å²) < 4.78 is 17.8. The standard InChI is InChI=1S/C19H16FNO4/c1-13(22)16-7-2-3-8-17(16)21-18(23)12-25-19(24)10-9-14-5-4-6-15(20)11-14/h2-11H,12H2,1H3,(H,21,23)/b10-9+. The van der Waals surface area contributed by atoms with Crippen LogP contribution in [0.5, 0.6) is 0 Å². The summed E-state index contributed by atoms with van der Waals surface area (Å²) in [5.74, 6) is -1.91. The van der Waals surface area contributed by atoms with Gasteiger partial charge >= 0.3 is 5.97 Å². The maximum Gasteiger partial charge on any atom is 0.331 e. The molecule has 0 fully saturated rings. The molecule has 0 spiro atoms. The summed E-state index contributed by atoms with van der Waals surface area (Å²) in [6, 6.07) is 12.2. The molecule has 2 aromatic rings. The van der Waals surface area contributed by atoms with Gasteiger partial charge in [0.05, 0.1) is 5.69 Å². The molecule has 0 aliphatic rings. The molecule has 128 valence electrons. The molecular formula is C19H16FNO4. The van der Waals surface area contributed by atoms with Gasteiger partial charge in [0.2, 0.25) is 0 Å². The zero-order valence-corrected chi connectivity index (χ0v) is 13.5. The molecule has 1 amide bonds. The summed E-state index contributed by atoms with van der Waals surface area (Å²) in [5.41, 5.74) is 1.22. The van der Waals surface area contributed by atoms with Crippen LogP contribution in [-0.2, 0) is 14.3 Å². The van der Waals surface area contributed by atoms with E-state index in [1.54, 1.807) is 30.3 Å². The Labute approximate surface area is 144 Å². The van der Waals surface area contributed by atoms with Gasteiger partial charge in [-0.1, -0.05) is 24.3 Å². The Kier molecular flexibility index (Phi) is 6.17. The summed E-state index contributed by atoms with van der Waals surface area (Å²) in [6.07, 6.45) is 2.49. The number of halogens is 1. The van der Waals surface area contributed by atoms with Gasteiger partial charge in [-0.2, -0.15) is 0 Å². The van der Waals surface area contributed by atoms with Gasteiger partial charge in [0, 0.05) is 11.6 Å². The van der Waals surface area contributed by atoms with Crippen molar-refractivity contribution in [3.8, 4) is 0 Å². The Balaban J connectivity index is 1.88. The second-order valence-electron chi connectivity index (χ2n) is 5.15. The minimum atomic E-state index is -0.737. The number of amides is 1. The van der Waals surface area contributed by atoms with E-state index in [-0.39, 0.29) is 5.78 Å². The van der Waals surface area contributed by atoms with Crippen LogP contribution in [0.15, 0.2) is 54.6 Å². The Morgan fingerprint density at radius 1 is 1.12 bits per heavy atom. The fraction of sp³-hybridized carbons (Fsp3) is 0.105. The second-order valence-corrected chi connectivity index (χ2v) is 5.15. The predicted molar refractivity (Wildman–Crippen MR) is 91.5 cm³/mol. The van der Waals surface area contributed by atoms with Gasteiger partial charge in [0.1, 0.15) is 5.82 Å². The third kappa shape index (κ3) is 5.69. The number of Topliss-reactive ketones (excluding diaryl/α,β-unsaturated/α-hetero) is 1. The van der Waals surface area contributed by atoms with Crippen molar-refractivity contribution in [1.82, 2.24) is 0 Å². The first-order chi connectivity index (χ1) is 12.0. The number of nitrogens with one attached hydrogen (secondary N) is 1. The molecule has 6 heteroatoms. The zero-order valence-electron chi connectivity index (χ0n) is 13.5. The van der Waals surface area contributed by atoms with Crippen LogP contribution in [0, 0.1) is 5.82 Å². The van der Waals surface area contributed by atoms with Gasteiger partial charge in [-0.3, -0.25) is 9.59 Å². The SMILES string of the molecule is CC(=O)c1ccccc1NC(=O)COC(=O)/C=C/c1cccc(F)c1. The molecular weight excluding hydrogens is 325 g/mol. The summed E-state index contributed by atoms with van der Waals surface area (Å²) in [4.78, 5) is 34.9. The lowest BCUT2D eigenvalue weighted by Crippen LogP contribution is -2.21. The number of benzene rings is 2. The Morgan fingerprint density at radius 3 is 2.60 bits per heavy atom. The van der Waals surface area contributed by atoms with Crippen molar-refractivity contribution in [3.63, 3.8) is 0 Å². The molecule has 0 unspecified atom stereocenters. The molecule has 2 aromatic carbocycles. The van der Waals surface area contributed by atoms with Crippen LogP contribution in [0.25, 0.3) is 6.08 Å². The zero-order chi connectivity index (χ0) is 18.2. The summed E-state index contributed by atoms with van der Waals surface area (Å²) in [5, 5.41) is 2.52. The van der Waals surface area contributed by atoms with E-state index in [2.05, 4.69) is 5.32 Å². The van der Waals surface area contributed by atoms with E-state index in [1.165, 1.54) is 31.2 Å². The molecule has 0 aliphatic heterocycles.